The molecule has 0 N–H and O–H groups in total. The molecule has 1 aliphatic carbocycles. The number of hydrogen-bond donors (Lipinski definition) is 1. The van der Waals surface area contributed by atoms with Crippen LogP contribution in [0.2, 0.25) is 0 Å². The van der Waals surface area contributed by atoms with Crippen molar-refractivity contribution in [2.45, 2.75) is 56.9 Å². The van der Waals surface area contributed by atoms with Crippen LogP contribution in [-0.4, -0.2) is 61.8 Å². The third-order valence-electron chi connectivity index (χ3n) is 6.25. The Morgan fingerprint density at radius 3 is 2.82 bits per heavy atom. The van der Waals surface area contributed by atoms with Gasteiger partial charge in [0, 0.05) is 42.8 Å². The van der Waals surface area contributed by atoms with Gasteiger partial charge in [0.15, 0.2) is 11.6 Å². The van der Waals surface area contributed by atoms with Crippen LogP contribution in [0.5, 0.6) is 0 Å². The van der Waals surface area contributed by atoms with E-state index in [-0.39, 0.29) is 28.7 Å². The highest BCUT2D eigenvalue weighted by molar-refractivity contribution is 7.81. The average Bonchev–Trinajstić information content (AvgIpc) is 3.58. The Hall–Kier alpha value is -2.59. The van der Waals surface area contributed by atoms with Gasteiger partial charge in [-0.25, -0.2) is 9.07 Å². The number of ketones is 1. The van der Waals surface area contributed by atoms with Gasteiger partial charge in [0.2, 0.25) is 0 Å². The summed E-state index contributed by atoms with van der Waals surface area (Å²) in [6.45, 7) is 3.73. The van der Waals surface area contributed by atoms with Gasteiger partial charge in [-0.1, -0.05) is 18.2 Å². The van der Waals surface area contributed by atoms with Crippen molar-refractivity contribution in [3.05, 3.63) is 47.0 Å². The van der Waals surface area contributed by atoms with Crippen molar-refractivity contribution >= 4 is 30.5 Å². The molecule has 0 radical (unpaired) electrons. The number of aryl methyl sites for hydroxylation is 1. The highest BCUT2D eigenvalue weighted by Crippen LogP contribution is 2.39. The number of thiol groups is 1. The highest BCUT2D eigenvalue weighted by atomic mass is 32.1. The van der Waals surface area contributed by atoms with E-state index in [9.17, 15) is 14.0 Å². The number of hydrogen-bond acceptors (Lipinski definition) is 8. The van der Waals surface area contributed by atoms with Gasteiger partial charge in [0.25, 0.3) is 0 Å². The van der Waals surface area contributed by atoms with Gasteiger partial charge in [-0.15, -0.1) is 5.10 Å². The third kappa shape index (κ3) is 5.90. The molecule has 4 rings (SSSR count). The number of benzene rings is 1. The van der Waals surface area contributed by atoms with Crippen molar-refractivity contribution in [1.82, 2.24) is 25.1 Å². The van der Waals surface area contributed by atoms with Crippen LogP contribution < -0.4 is 0 Å². The molecule has 0 spiro atoms. The zero-order valence-electron chi connectivity index (χ0n) is 19.3. The lowest BCUT2D eigenvalue weighted by Crippen LogP contribution is -2.42. The molecule has 34 heavy (non-hydrogen) atoms. The molecule has 2 aliphatic rings. The number of carbonyl (C=O) groups is 2. The molecular formula is C24H30FN5O3S. The zero-order valence-corrected chi connectivity index (χ0v) is 20.2. The number of rotatable bonds is 10. The fourth-order valence-corrected chi connectivity index (χ4v) is 4.59. The first-order valence-electron chi connectivity index (χ1n) is 11.8. The van der Waals surface area contributed by atoms with Gasteiger partial charge in [0.1, 0.15) is 5.82 Å². The molecule has 182 valence electrons. The molecule has 2 unspecified atom stereocenters. The number of carbonyl (C=O) groups excluding carboxylic acids is 2. The molecule has 1 aromatic carbocycles. The second kappa shape index (κ2) is 11.2. The second-order valence-corrected chi connectivity index (χ2v) is 9.39. The molecule has 2 aromatic rings. The molecule has 1 saturated heterocycles. The zero-order chi connectivity index (χ0) is 24.1. The monoisotopic (exact) mass is 487 g/mol. The van der Waals surface area contributed by atoms with Crippen molar-refractivity contribution < 1.29 is 18.7 Å². The lowest BCUT2D eigenvalue weighted by atomic mass is 9.93. The number of nitrogens with zero attached hydrogens (tertiary/aromatic N) is 5. The summed E-state index contributed by atoms with van der Waals surface area (Å²) < 4.78 is 21.3. The van der Waals surface area contributed by atoms with Gasteiger partial charge < -0.3 is 4.74 Å². The number of Topliss-reactive ketones (excluding diaryl/α,β-unsaturated/α-hetero) is 1. The maximum absolute atomic E-state index is 14.7. The van der Waals surface area contributed by atoms with Crippen LogP contribution in [0.1, 0.15) is 56.5 Å². The smallest absolute Gasteiger partial charge is 0.305 e. The summed E-state index contributed by atoms with van der Waals surface area (Å²) in [6.07, 6.45) is 5.21. The molecule has 2 fully saturated rings. The number of esters is 1. The summed E-state index contributed by atoms with van der Waals surface area (Å²) in [4.78, 5) is 26.9. The van der Waals surface area contributed by atoms with Crippen LogP contribution in [0.15, 0.2) is 29.8 Å². The van der Waals surface area contributed by atoms with Gasteiger partial charge in [-0.05, 0) is 60.7 Å². The van der Waals surface area contributed by atoms with Crippen LogP contribution in [0.3, 0.4) is 0 Å². The molecule has 0 amide bonds. The van der Waals surface area contributed by atoms with Crippen LogP contribution in [0.25, 0.3) is 6.08 Å². The minimum Gasteiger partial charge on any atom is -0.466 e. The van der Waals surface area contributed by atoms with Crippen molar-refractivity contribution in [2.75, 3.05) is 19.7 Å². The van der Waals surface area contributed by atoms with Gasteiger partial charge in [0.05, 0.1) is 12.6 Å². The minimum atomic E-state index is -0.612. The van der Waals surface area contributed by atoms with Gasteiger partial charge in [-0.2, -0.15) is 12.6 Å². The summed E-state index contributed by atoms with van der Waals surface area (Å²) in [6, 6.07) is 5.93. The summed E-state index contributed by atoms with van der Waals surface area (Å²) in [5.41, 5.74) is 1.40. The molecule has 2 heterocycles. The fourth-order valence-electron chi connectivity index (χ4n) is 4.32. The van der Waals surface area contributed by atoms with Crippen molar-refractivity contribution in [3.63, 3.8) is 0 Å². The first kappa shape index (κ1) is 24.5. The summed E-state index contributed by atoms with van der Waals surface area (Å²) >= 11 is 4.75. The molecular weight excluding hydrogens is 457 g/mol. The van der Waals surface area contributed by atoms with Crippen molar-refractivity contribution in [1.29, 1.82) is 0 Å². The van der Waals surface area contributed by atoms with E-state index in [1.807, 2.05) is 11.0 Å². The van der Waals surface area contributed by atoms with E-state index in [4.69, 9.17) is 17.4 Å². The second-order valence-electron chi connectivity index (χ2n) is 8.76. The Balaban J connectivity index is 1.52. The number of halogens is 1. The first-order valence-corrected chi connectivity index (χ1v) is 12.3. The number of tetrazole rings is 1. The number of piperidine rings is 1. The fraction of sp³-hybridized carbons (Fsp3) is 0.542. The van der Waals surface area contributed by atoms with Crippen LogP contribution >= 0.6 is 12.6 Å². The van der Waals surface area contributed by atoms with Crippen molar-refractivity contribution in [3.8, 4) is 0 Å². The molecule has 8 nitrogen and oxygen atoms in total. The Morgan fingerprint density at radius 1 is 1.29 bits per heavy atom. The van der Waals surface area contributed by atoms with Gasteiger partial charge in [-0.3, -0.25) is 14.5 Å². The summed E-state index contributed by atoms with van der Waals surface area (Å²) in [5, 5.41) is 11.9. The van der Waals surface area contributed by atoms with Crippen LogP contribution in [0, 0.1) is 11.7 Å². The lowest BCUT2D eigenvalue weighted by molar-refractivity contribution is -0.143. The number of ether oxygens (including phenoxy) is 1. The Bertz CT molecular complexity index is 1050. The third-order valence-corrected chi connectivity index (χ3v) is 6.84. The normalized spacial score (nSPS) is 20.9. The van der Waals surface area contributed by atoms with E-state index in [0.29, 0.717) is 50.5 Å². The molecule has 10 heteroatoms. The van der Waals surface area contributed by atoms with Crippen LogP contribution in [-0.2, 0) is 20.9 Å². The van der Waals surface area contributed by atoms with E-state index in [0.717, 1.165) is 24.8 Å². The van der Waals surface area contributed by atoms with E-state index >= 15 is 0 Å². The topological polar surface area (TPSA) is 90.2 Å². The molecule has 1 aliphatic heterocycles. The number of likely N-dealkylation sites (tertiary alicyclic amines) is 1. The summed E-state index contributed by atoms with van der Waals surface area (Å²) in [5.74, 6) is 0.0675. The quantitative estimate of drug-likeness (QED) is 0.406. The molecule has 1 aromatic heterocycles. The highest BCUT2D eigenvalue weighted by Gasteiger charge is 2.40. The predicted molar refractivity (Wildman–Crippen MR) is 127 cm³/mol. The number of aromatic nitrogens is 4. The van der Waals surface area contributed by atoms with E-state index in [1.54, 1.807) is 29.8 Å². The average molecular weight is 488 g/mol. The van der Waals surface area contributed by atoms with Crippen LogP contribution in [0.4, 0.5) is 4.39 Å². The molecule has 2 atom stereocenters. The van der Waals surface area contributed by atoms with Crippen molar-refractivity contribution in [2.24, 2.45) is 5.92 Å². The Labute approximate surface area is 203 Å². The maximum atomic E-state index is 14.7. The van der Waals surface area contributed by atoms with E-state index in [1.165, 1.54) is 6.07 Å². The standard InChI is InChI=1S/C24H30FN5O3S/c1-2-33-22(31)8-5-12-30-21(26-27-28-30)14-17-15-29(13-11-20(17)34)23(24(32)16-9-10-16)18-6-3-4-7-19(18)25/h3-4,6-7,14,16,20,23,34H,2,5,8-13,15H2,1H3. The van der Waals surface area contributed by atoms with Gasteiger partial charge >= 0.3 is 5.97 Å². The van der Waals surface area contributed by atoms with E-state index in [2.05, 4.69) is 15.5 Å². The SMILES string of the molecule is CCOC(=O)CCCn1nnnc1C=C1CN(C(C(=O)C2CC2)c2ccccc2F)CCC1S. The van der Waals surface area contributed by atoms with E-state index < -0.39 is 6.04 Å². The Kier molecular flexibility index (Phi) is 8.10. The first-order chi connectivity index (χ1) is 16.5. The molecule has 0 bridgehead atoms. The minimum absolute atomic E-state index is 0.0115. The lowest BCUT2D eigenvalue weighted by Gasteiger charge is -2.37. The molecule has 1 saturated carbocycles. The Morgan fingerprint density at radius 2 is 2.09 bits per heavy atom. The summed E-state index contributed by atoms with van der Waals surface area (Å²) in [7, 11) is 0. The largest absolute Gasteiger partial charge is 0.466 e. The predicted octanol–water partition coefficient (Wildman–Crippen LogP) is 3.26. The maximum Gasteiger partial charge on any atom is 0.305 e.